The van der Waals surface area contributed by atoms with Crippen molar-refractivity contribution >= 4 is 11.9 Å². The molecule has 1 aliphatic heterocycles. The van der Waals surface area contributed by atoms with E-state index < -0.39 is 0 Å². The summed E-state index contributed by atoms with van der Waals surface area (Å²) in [5.41, 5.74) is 2.66. The van der Waals surface area contributed by atoms with Gasteiger partial charge in [0.25, 0.3) is 0 Å². The van der Waals surface area contributed by atoms with Crippen LogP contribution in [0.3, 0.4) is 0 Å². The van der Waals surface area contributed by atoms with Gasteiger partial charge in [-0.05, 0) is 0 Å². The van der Waals surface area contributed by atoms with Gasteiger partial charge in [0.1, 0.15) is 0 Å². The maximum atomic E-state index is 8.12. The number of hydrazine groups is 1. The van der Waals surface area contributed by atoms with Crippen molar-refractivity contribution in [1.82, 2.24) is 9.84 Å². The Morgan fingerprint density at radius 2 is 2.71 bits per heavy atom. The van der Waals surface area contributed by atoms with Crippen molar-refractivity contribution in [2.45, 2.75) is 0 Å². The van der Waals surface area contributed by atoms with E-state index in [0.29, 0.717) is 0 Å². The first-order valence-electron chi connectivity index (χ1n) is 1.71. The molecule has 1 heterocycles. The van der Waals surface area contributed by atoms with Crippen LogP contribution in [0.5, 0.6) is 0 Å². The molecule has 0 atom stereocenters. The molecule has 0 radical (unpaired) electrons. The third kappa shape index (κ3) is 0.783. The summed E-state index contributed by atoms with van der Waals surface area (Å²) >= 11 is 1.32. The SMILES string of the molecule is N#CN1NC=CS1. The minimum Gasteiger partial charge on any atom is -0.286 e. The second-order valence-electron chi connectivity index (χ2n) is 0.932. The molecule has 0 saturated heterocycles. The average Bonchev–Trinajstić information content (AvgIpc) is 2.14. The number of hydrogen-bond acceptors (Lipinski definition) is 4. The lowest BCUT2D eigenvalue weighted by Gasteiger charge is -2.00. The van der Waals surface area contributed by atoms with Crippen molar-refractivity contribution in [2.75, 3.05) is 0 Å². The van der Waals surface area contributed by atoms with E-state index in [1.807, 2.05) is 6.19 Å². The third-order valence-electron chi connectivity index (χ3n) is 0.517. The van der Waals surface area contributed by atoms with Crippen molar-refractivity contribution in [2.24, 2.45) is 0 Å². The molecule has 7 heavy (non-hydrogen) atoms. The Hall–Kier alpha value is -0.820. The van der Waals surface area contributed by atoms with Gasteiger partial charge in [-0.1, -0.05) is 0 Å². The summed E-state index contributed by atoms with van der Waals surface area (Å²) in [6.45, 7) is 0. The highest BCUT2D eigenvalue weighted by molar-refractivity contribution is 8.00. The largest absolute Gasteiger partial charge is 0.286 e. The molecule has 3 nitrogen and oxygen atoms in total. The summed E-state index contributed by atoms with van der Waals surface area (Å²) in [6.07, 6.45) is 3.59. The summed E-state index contributed by atoms with van der Waals surface area (Å²) in [6, 6.07) is 0. The van der Waals surface area contributed by atoms with Gasteiger partial charge in [0.15, 0.2) is 0 Å². The van der Waals surface area contributed by atoms with Gasteiger partial charge in [0, 0.05) is 23.6 Å². The van der Waals surface area contributed by atoms with Crippen LogP contribution in [0.25, 0.3) is 0 Å². The fourth-order valence-electron chi connectivity index (χ4n) is 0.272. The molecule has 0 spiro atoms. The molecule has 0 aromatic heterocycles. The first-order chi connectivity index (χ1) is 3.43. The first kappa shape index (κ1) is 4.34. The van der Waals surface area contributed by atoms with Crippen LogP contribution in [0.15, 0.2) is 11.6 Å². The summed E-state index contributed by atoms with van der Waals surface area (Å²) < 4.78 is 1.35. The summed E-state index contributed by atoms with van der Waals surface area (Å²) in [5.74, 6) is 0. The highest BCUT2D eigenvalue weighted by Gasteiger charge is 1.99. The zero-order valence-corrected chi connectivity index (χ0v) is 4.27. The van der Waals surface area contributed by atoms with Gasteiger partial charge in [-0.2, -0.15) is 9.68 Å². The second kappa shape index (κ2) is 1.76. The zero-order valence-electron chi connectivity index (χ0n) is 3.46. The molecule has 0 aliphatic carbocycles. The van der Waals surface area contributed by atoms with Crippen LogP contribution in [-0.2, 0) is 0 Å². The molecular weight excluding hydrogens is 110 g/mol. The molecular formula is C3H3N3S. The van der Waals surface area contributed by atoms with Crippen molar-refractivity contribution in [3.8, 4) is 6.19 Å². The normalized spacial score (nSPS) is 16.1. The Balaban J connectivity index is 2.39. The molecule has 1 N–H and O–H groups in total. The summed E-state index contributed by atoms with van der Waals surface area (Å²) in [7, 11) is 0. The smallest absolute Gasteiger partial charge is 0.211 e. The van der Waals surface area contributed by atoms with E-state index in [4.69, 9.17) is 5.26 Å². The molecule has 1 rings (SSSR count). The Bertz CT molecular complexity index is 117. The summed E-state index contributed by atoms with van der Waals surface area (Å²) in [5, 5.41) is 9.91. The van der Waals surface area contributed by atoms with Crippen LogP contribution in [0.1, 0.15) is 0 Å². The maximum absolute atomic E-state index is 8.12. The lowest BCUT2D eigenvalue weighted by atomic mass is 11.1. The van der Waals surface area contributed by atoms with E-state index in [1.165, 1.54) is 16.4 Å². The molecule has 0 fully saturated rings. The number of hydrogen-bond donors (Lipinski definition) is 1. The van der Waals surface area contributed by atoms with Crippen LogP contribution in [0.4, 0.5) is 0 Å². The standard InChI is InChI=1S/C3H3N3S/c4-3-6-5-1-2-7-6/h1-2,5H. The molecule has 0 aromatic carbocycles. The van der Waals surface area contributed by atoms with Crippen LogP contribution in [-0.4, -0.2) is 4.41 Å². The molecule has 0 amide bonds. The Kier molecular flexibility index (Phi) is 1.09. The highest BCUT2D eigenvalue weighted by Crippen LogP contribution is 2.10. The van der Waals surface area contributed by atoms with Gasteiger partial charge >= 0.3 is 0 Å². The van der Waals surface area contributed by atoms with Crippen LogP contribution in [0, 0.1) is 11.5 Å². The fraction of sp³-hybridized carbons (Fsp3) is 0. The number of rotatable bonds is 0. The molecule has 36 valence electrons. The van der Waals surface area contributed by atoms with E-state index in [9.17, 15) is 0 Å². The lowest BCUT2D eigenvalue weighted by molar-refractivity contribution is 0.573. The predicted octanol–water partition coefficient (Wildman–Crippen LogP) is 0.407. The van der Waals surface area contributed by atoms with Crippen LogP contribution >= 0.6 is 11.9 Å². The highest BCUT2D eigenvalue weighted by atomic mass is 32.2. The predicted molar refractivity (Wildman–Crippen MR) is 27.3 cm³/mol. The van der Waals surface area contributed by atoms with E-state index in [2.05, 4.69) is 5.43 Å². The minimum absolute atomic E-state index is 1.32. The molecule has 0 bridgehead atoms. The number of nitriles is 1. The van der Waals surface area contributed by atoms with Gasteiger partial charge in [0.05, 0.1) is 0 Å². The molecule has 4 heteroatoms. The van der Waals surface area contributed by atoms with Gasteiger partial charge in [0.2, 0.25) is 6.19 Å². The minimum atomic E-state index is 1.32. The van der Waals surface area contributed by atoms with Gasteiger partial charge in [-0.25, -0.2) is 0 Å². The molecule has 0 aromatic rings. The van der Waals surface area contributed by atoms with Gasteiger partial charge < -0.3 is 0 Å². The Morgan fingerprint density at radius 1 is 1.86 bits per heavy atom. The van der Waals surface area contributed by atoms with Crippen LogP contribution in [0.2, 0.25) is 0 Å². The third-order valence-corrected chi connectivity index (χ3v) is 1.17. The van der Waals surface area contributed by atoms with E-state index in [-0.39, 0.29) is 0 Å². The van der Waals surface area contributed by atoms with Crippen molar-refractivity contribution in [1.29, 1.82) is 5.26 Å². The van der Waals surface area contributed by atoms with E-state index in [0.717, 1.165) is 0 Å². The van der Waals surface area contributed by atoms with Crippen LogP contribution < -0.4 is 5.43 Å². The molecule has 0 unspecified atom stereocenters. The van der Waals surface area contributed by atoms with Crippen molar-refractivity contribution in [3.05, 3.63) is 11.6 Å². The van der Waals surface area contributed by atoms with E-state index >= 15 is 0 Å². The number of nitrogens with one attached hydrogen (secondary N) is 1. The first-order valence-corrected chi connectivity index (χ1v) is 2.55. The molecule has 0 saturated carbocycles. The zero-order chi connectivity index (χ0) is 5.11. The van der Waals surface area contributed by atoms with Gasteiger partial charge in [-0.15, -0.1) is 0 Å². The monoisotopic (exact) mass is 113 g/mol. The average molecular weight is 113 g/mol. The lowest BCUT2D eigenvalue weighted by Crippen LogP contribution is -2.16. The van der Waals surface area contributed by atoms with Crippen molar-refractivity contribution in [3.63, 3.8) is 0 Å². The maximum Gasteiger partial charge on any atom is 0.211 e. The Morgan fingerprint density at radius 3 is 3.00 bits per heavy atom. The summed E-state index contributed by atoms with van der Waals surface area (Å²) in [4.78, 5) is 0. The van der Waals surface area contributed by atoms with E-state index in [1.54, 1.807) is 11.6 Å². The molecule has 1 aliphatic rings. The Labute approximate surface area is 45.7 Å². The topological polar surface area (TPSA) is 39.1 Å². The quantitative estimate of drug-likeness (QED) is 0.364. The number of nitrogens with zero attached hydrogens (tertiary/aromatic N) is 2. The van der Waals surface area contributed by atoms with Crippen molar-refractivity contribution < 1.29 is 0 Å². The second-order valence-corrected chi connectivity index (χ2v) is 1.78. The van der Waals surface area contributed by atoms with Gasteiger partial charge in [-0.3, -0.25) is 5.43 Å². The fourth-order valence-corrected chi connectivity index (χ4v) is 0.685.